The van der Waals surface area contributed by atoms with Crippen molar-refractivity contribution in [1.29, 1.82) is 0 Å². The first-order valence-corrected chi connectivity index (χ1v) is 6.57. The van der Waals surface area contributed by atoms with Gasteiger partial charge in [0.25, 0.3) is 0 Å². The summed E-state index contributed by atoms with van der Waals surface area (Å²) >= 11 is 0. The molecule has 6 nitrogen and oxygen atoms in total. The highest BCUT2D eigenvalue weighted by Crippen LogP contribution is 2.21. The van der Waals surface area contributed by atoms with Crippen molar-refractivity contribution in [3.05, 3.63) is 54.2 Å². The minimum atomic E-state index is -1.11. The van der Waals surface area contributed by atoms with Crippen molar-refractivity contribution in [2.75, 3.05) is 0 Å². The Bertz CT molecular complexity index is 845. The molecule has 0 unspecified atom stereocenters. The van der Waals surface area contributed by atoms with Crippen LogP contribution in [0.3, 0.4) is 0 Å². The summed E-state index contributed by atoms with van der Waals surface area (Å²) in [5.74, 6) is -1.61. The van der Waals surface area contributed by atoms with Crippen LogP contribution in [0.5, 0.6) is 0 Å². The van der Waals surface area contributed by atoms with Crippen LogP contribution < -0.4 is 0 Å². The fraction of sp³-hybridized carbons (Fsp3) is 0.0667. The Morgan fingerprint density at radius 2 is 1.78 bits per heavy atom. The monoisotopic (exact) mass is 316 g/mol. The summed E-state index contributed by atoms with van der Waals surface area (Å²) in [6.07, 6.45) is 1.01. The number of aromatic nitrogens is 4. The number of rotatable bonds is 4. The smallest absolute Gasteiger partial charge is 0.325 e. The van der Waals surface area contributed by atoms with E-state index in [2.05, 4.69) is 15.1 Å². The van der Waals surface area contributed by atoms with E-state index in [1.807, 2.05) is 0 Å². The summed E-state index contributed by atoms with van der Waals surface area (Å²) < 4.78 is 27.1. The Morgan fingerprint density at radius 1 is 1.09 bits per heavy atom. The molecule has 116 valence electrons. The molecular formula is C15H10F2N4O2. The van der Waals surface area contributed by atoms with Crippen LogP contribution in [0.1, 0.15) is 0 Å². The summed E-state index contributed by atoms with van der Waals surface area (Å²) in [5, 5.41) is 13.1. The number of carboxylic acids is 1. The molecule has 0 radical (unpaired) electrons. The van der Waals surface area contributed by atoms with Gasteiger partial charge in [0.15, 0.2) is 11.6 Å². The Labute approximate surface area is 129 Å². The van der Waals surface area contributed by atoms with Crippen LogP contribution in [-0.2, 0) is 11.3 Å². The van der Waals surface area contributed by atoms with Gasteiger partial charge in [0.1, 0.15) is 23.9 Å². The van der Waals surface area contributed by atoms with Gasteiger partial charge in [0.2, 0.25) is 0 Å². The van der Waals surface area contributed by atoms with Gasteiger partial charge in [-0.3, -0.25) is 4.79 Å². The van der Waals surface area contributed by atoms with Crippen molar-refractivity contribution < 1.29 is 18.7 Å². The molecule has 2 heterocycles. The number of hydrogen-bond donors (Lipinski definition) is 1. The summed E-state index contributed by atoms with van der Waals surface area (Å²) in [6.45, 7) is -0.428. The van der Waals surface area contributed by atoms with E-state index < -0.39 is 24.1 Å². The minimum absolute atomic E-state index is 0.187. The van der Waals surface area contributed by atoms with Crippen molar-refractivity contribution >= 4 is 5.97 Å². The second kappa shape index (κ2) is 5.91. The van der Waals surface area contributed by atoms with E-state index in [0.717, 1.165) is 10.9 Å². The summed E-state index contributed by atoms with van der Waals surface area (Å²) in [5.41, 5.74) is 0.812. The van der Waals surface area contributed by atoms with Crippen molar-refractivity contribution in [2.24, 2.45) is 0 Å². The lowest BCUT2D eigenvalue weighted by atomic mass is 10.2. The number of hydrogen-bond acceptors (Lipinski definition) is 4. The van der Waals surface area contributed by atoms with E-state index >= 15 is 0 Å². The Hall–Kier alpha value is -3.16. The summed E-state index contributed by atoms with van der Waals surface area (Å²) in [4.78, 5) is 19.1. The standard InChI is InChI=1S/C15H10F2N4O2/c16-10-3-1-9(2-4-10)14-19-15(21(20-14)8-13(22)23)12-6-5-11(17)7-18-12/h1-7H,8H2,(H,22,23). The lowest BCUT2D eigenvalue weighted by Gasteiger charge is -2.01. The second-order valence-corrected chi connectivity index (χ2v) is 4.68. The molecule has 0 amide bonds. The van der Waals surface area contributed by atoms with Gasteiger partial charge in [-0.2, -0.15) is 0 Å². The third-order valence-electron chi connectivity index (χ3n) is 3.02. The van der Waals surface area contributed by atoms with Crippen LogP contribution in [0.25, 0.3) is 22.9 Å². The van der Waals surface area contributed by atoms with Crippen LogP contribution in [0, 0.1) is 11.6 Å². The minimum Gasteiger partial charge on any atom is -0.480 e. The highest BCUT2D eigenvalue weighted by Gasteiger charge is 2.16. The number of benzene rings is 1. The van der Waals surface area contributed by atoms with Crippen molar-refractivity contribution in [3.8, 4) is 22.9 Å². The van der Waals surface area contributed by atoms with Gasteiger partial charge in [-0.25, -0.2) is 23.4 Å². The molecule has 0 saturated carbocycles. The third-order valence-corrected chi connectivity index (χ3v) is 3.02. The molecule has 2 aromatic heterocycles. The fourth-order valence-corrected chi connectivity index (χ4v) is 2.00. The molecule has 0 bridgehead atoms. The first-order valence-electron chi connectivity index (χ1n) is 6.57. The normalized spacial score (nSPS) is 10.7. The molecule has 8 heteroatoms. The highest BCUT2D eigenvalue weighted by atomic mass is 19.1. The number of carboxylic acid groups (broad SMARTS) is 1. The Kier molecular flexibility index (Phi) is 3.80. The van der Waals surface area contributed by atoms with E-state index in [0.29, 0.717) is 5.56 Å². The van der Waals surface area contributed by atoms with E-state index in [9.17, 15) is 13.6 Å². The van der Waals surface area contributed by atoms with Gasteiger partial charge in [-0.1, -0.05) is 0 Å². The van der Waals surface area contributed by atoms with Gasteiger partial charge in [0.05, 0.1) is 6.20 Å². The van der Waals surface area contributed by atoms with E-state index in [4.69, 9.17) is 5.11 Å². The average Bonchev–Trinajstić information content (AvgIpc) is 2.92. The lowest BCUT2D eigenvalue weighted by Crippen LogP contribution is -2.12. The molecule has 1 N–H and O–H groups in total. The Balaban J connectivity index is 2.08. The zero-order valence-corrected chi connectivity index (χ0v) is 11.6. The SMILES string of the molecule is O=C(O)Cn1nc(-c2ccc(F)cc2)nc1-c1ccc(F)cn1. The molecule has 0 aliphatic rings. The van der Waals surface area contributed by atoms with Gasteiger partial charge in [0, 0.05) is 5.56 Å². The topological polar surface area (TPSA) is 80.9 Å². The molecular weight excluding hydrogens is 306 g/mol. The highest BCUT2D eigenvalue weighted by molar-refractivity contribution is 5.68. The number of nitrogens with zero attached hydrogens (tertiary/aromatic N) is 4. The lowest BCUT2D eigenvalue weighted by molar-refractivity contribution is -0.137. The average molecular weight is 316 g/mol. The zero-order chi connectivity index (χ0) is 16.4. The number of carbonyl (C=O) groups is 1. The predicted octanol–water partition coefficient (Wildman–Crippen LogP) is 2.37. The van der Waals surface area contributed by atoms with Crippen molar-refractivity contribution in [1.82, 2.24) is 19.7 Å². The van der Waals surface area contributed by atoms with Gasteiger partial charge >= 0.3 is 5.97 Å². The summed E-state index contributed by atoms with van der Waals surface area (Å²) in [6, 6.07) is 8.05. The number of halogens is 2. The van der Waals surface area contributed by atoms with Gasteiger partial charge in [-0.15, -0.1) is 5.10 Å². The van der Waals surface area contributed by atoms with E-state index in [-0.39, 0.29) is 17.3 Å². The van der Waals surface area contributed by atoms with Gasteiger partial charge < -0.3 is 5.11 Å². The second-order valence-electron chi connectivity index (χ2n) is 4.68. The van der Waals surface area contributed by atoms with E-state index in [1.165, 1.54) is 36.4 Å². The van der Waals surface area contributed by atoms with Crippen molar-refractivity contribution in [2.45, 2.75) is 6.54 Å². The van der Waals surface area contributed by atoms with Crippen LogP contribution in [-0.4, -0.2) is 30.8 Å². The van der Waals surface area contributed by atoms with Gasteiger partial charge in [-0.05, 0) is 36.4 Å². The molecule has 0 atom stereocenters. The zero-order valence-electron chi connectivity index (χ0n) is 11.6. The van der Waals surface area contributed by atoms with Crippen molar-refractivity contribution in [3.63, 3.8) is 0 Å². The third kappa shape index (κ3) is 3.20. The molecule has 0 spiro atoms. The maximum Gasteiger partial charge on any atom is 0.325 e. The number of pyridine rings is 1. The molecule has 0 saturated heterocycles. The molecule has 0 fully saturated rings. The fourth-order valence-electron chi connectivity index (χ4n) is 2.00. The first-order chi connectivity index (χ1) is 11.0. The molecule has 0 aliphatic carbocycles. The quantitative estimate of drug-likeness (QED) is 0.799. The molecule has 1 aromatic carbocycles. The van der Waals surface area contributed by atoms with Crippen LogP contribution >= 0.6 is 0 Å². The maximum absolute atomic E-state index is 13.0. The largest absolute Gasteiger partial charge is 0.480 e. The molecule has 3 aromatic rings. The maximum atomic E-state index is 13.0. The molecule has 3 rings (SSSR count). The van der Waals surface area contributed by atoms with E-state index in [1.54, 1.807) is 0 Å². The first kappa shape index (κ1) is 14.8. The molecule has 23 heavy (non-hydrogen) atoms. The summed E-state index contributed by atoms with van der Waals surface area (Å²) in [7, 11) is 0. The van der Waals surface area contributed by atoms with Crippen LogP contribution in [0.2, 0.25) is 0 Å². The molecule has 0 aliphatic heterocycles. The van der Waals surface area contributed by atoms with Crippen LogP contribution in [0.4, 0.5) is 8.78 Å². The number of aliphatic carboxylic acids is 1. The predicted molar refractivity (Wildman–Crippen MR) is 76.2 cm³/mol. The Morgan fingerprint density at radius 3 is 2.39 bits per heavy atom. The van der Waals surface area contributed by atoms with Crippen LogP contribution in [0.15, 0.2) is 42.6 Å².